The summed E-state index contributed by atoms with van der Waals surface area (Å²) in [5, 5.41) is 3.05. The maximum Gasteiger partial charge on any atom is 0.237 e. The molecule has 3 rings (SSSR count). The summed E-state index contributed by atoms with van der Waals surface area (Å²) < 4.78 is 1.19. The first-order valence-electron chi connectivity index (χ1n) is 8.64. The SMILES string of the molecule is CC(C(=O)NCc1ccccc1)N1CCN(Cc2ccc(Br)s2)CC1. The second-order valence-electron chi connectivity index (χ2n) is 6.40. The smallest absolute Gasteiger partial charge is 0.237 e. The molecule has 1 fully saturated rings. The lowest BCUT2D eigenvalue weighted by Gasteiger charge is -2.37. The number of nitrogens with zero attached hydrogens (tertiary/aromatic N) is 2. The monoisotopic (exact) mass is 421 g/mol. The molecule has 6 heteroatoms. The Morgan fingerprint density at radius 3 is 2.52 bits per heavy atom. The summed E-state index contributed by atoms with van der Waals surface area (Å²) in [7, 11) is 0. The van der Waals surface area contributed by atoms with Gasteiger partial charge in [-0.15, -0.1) is 11.3 Å². The van der Waals surface area contributed by atoms with Crippen molar-refractivity contribution in [2.24, 2.45) is 0 Å². The van der Waals surface area contributed by atoms with Crippen molar-refractivity contribution < 1.29 is 4.79 Å². The molecule has 0 spiro atoms. The average Bonchev–Trinajstić information content (AvgIpc) is 3.05. The van der Waals surface area contributed by atoms with Gasteiger partial charge >= 0.3 is 0 Å². The number of nitrogens with one attached hydrogen (secondary N) is 1. The fourth-order valence-corrected chi connectivity index (χ4v) is 4.59. The number of amides is 1. The van der Waals surface area contributed by atoms with Crippen molar-refractivity contribution in [3.8, 4) is 0 Å². The summed E-state index contributed by atoms with van der Waals surface area (Å²) >= 11 is 5.32. The number of hydrogen-bond acceptors (Lipinski definition) is 4. The summed E-state index contributed by atoms with van der Waals surface area (Å²) in [6.07, 6.45) is 0. The minimum atomic E-state index is -0.0817. The van der Waals surface area contributed by atoms with E-state index in [4.69, 9.17) is 0 Å². The molecule has 134 valence electrons. The molecule has 25 heavy (non-hydrogen) atoms. The van der Waals surface area contributed by atoms with Gasteiger partial charge in [0, 0.05) is 44.1 Å². The maximum absolute atomic E-state index is 12.4. The van der Waals surface area contributed by atoms with Crippen molar-refractivity contribution in [3.05, 3.63) is 56.7 Å². The van der Waals surface area contributed by atoms with Crippen LogP contribution in [0.3, 0.4) is 0 Å². The van der Waals surface area contributed by atoms with Crippen LogP contribution in [0.1, 0.15) is 17.4 Å². The molecule has 1 unspecified atom stereocenters. The summed E-state index contributed by atoms with van der Waals surface area (Å²) in [6, 6.07) is 14.3. The third-order valence-electron chi connectivity index (χ3n) is 4.65. The van der Waals surface area contributed by atoms with Crippen LogP contribution < -0.4 is 5.32 Å². The number of carbonyl (C=O) groups is 1. The van der Waals surface area contributed by atoms with Gasteiger partial charge in [0.05, 0.1) is 9.83 Å². The van der Waals surface area contributed by atoms with Crippen molar-refractivity contribution in [3.63, 3.8) is 0 Å². The van der Waals surface area contributed by atoms with Gasteiger partial charge in [-0.2, -0.15) is 0 Å². The first kappa shape index (κ1) is 18.6. The first-order valence-corrected chi connectivity index (χ1v) is 10.2. The number of hydrogen-bond donors (Lipinski definition) is 1. The van der Waals surface area contributed by atoms with Crippen molar-refractivity contribution in [2.45, 2.75) is 26.1 Å². The van der Waals surface area contributed by atoms with E-state index < -0.39 is 0 Å². The van der Waals surface area contributed by atoms with Gasteiger partial charge in [0.15, 0.2) is 0 Å². The van der Waals surface area contributed by atoms with Crippen molar-refractivity contribution >= 4 is 33.2 Å². The quantitative estimate of drug-likeness (QED) is 0.776. The van der Waals surface area contributed by atoms with Crippen LogP contribution in [0.15, 0.2) is 46.3 Å². The second-order valence-corrected chi connectivity index (χ2v) is 8.94. The molecular formula is C19H24BrN3OS. The lowest BCUT2D eigenvalue weighted by molar-refractivity contribution is -0.126. The molecule has 0 bridgehead atoms. The Morgan fingerprint density at radius 1 is 1.16 bits per heavy atom. The van der Waals surface area contributed by atoms with Crippen LogP contribution in [0.5, 0.6) is 0 Å². The molecule has 4 nitrogen and oxygen atoms in total. The molecule has 1 aliphatic rings. The third kappa shape index (κ3) is 5.38. The molecule has 1 amide bonds. The van der Waals surface area contributed by atoms with Gasteiger partial charge < -0.3 is 5.32 Å². The highest BCUT2D eigenvalue weighted by Crippen LogP contribution is 2.23. The fourth-order valence-electron chi connectivity index (χ4n) is 3.06. The van der Waals surface area contributed by atoms with Gasteiger partial charge in [0.1, 0.15) is 0 Å². The predicted molar refractivity (Wildman–Crippen MR) is 107 cm³/mol. The Kier molecular flexibility index (Phi) is 6.64. The molecule has 1 aliphatic heterocycles. The van der Waals surface area contributed by atoms with Gasteiger partial charge in [-0.25, -0.2) is 0 Å². The van der Waals surface area contributed by atoms with Crippen LogP contribution in [0.4, 0.5) is 0 Å². The Hall–Kier alpha value is -1.21. The van der Waals surface area contributed by atoms with Crippen LogP contribution in [0.25, 0.3) is 0 Å². The topological polar surface area (TPSA) is 35.6 Å². The van der Waals surface area contributed by atoms with E-state index in [2.05, 4.69) is 43.2 Å². The minimum Gasteiger partial charge on any atom is -0.351 e. The Labute approximate surface area is 162 Å². The number of benzene rings is 1. The Morgan fingerprint density at radius 2 is 1.88 bits per heavy atom. The summed E-state index contributed by atoms with van der Waals surface area (Å²) in [5.74, 6) is 0.111. The molecule has 1 aromatic carbocycles. The molecule has 1 saturated heterocycles. The van der Waals surface area contributed by atoms with Crippen LogP contribution in [0, 0.1) is 0 Å². The normalized spacial score (nSPS) is 17.4. The highest BCUT2D eigenvalue weighted by Gasteiger charge is 2.25. The number of halogens is 1. The molecule has 0 saturated carbocycles. The Balaban J connectivity index is 1.42. The predicted octanol–water partition coefficient (Wildman–Crippen LogP) is 3.33. The van der Waals surface area contributed by atoms with E-state index in [9.17, 15) is 4.79 Å². The first-order chi connectivity index (χ1) is 12.1. The standard InChI is InChI=1S/C19H24BrN3OS/c1-15(19(24)21-13-16-5-3-2-4-6-16)23-11-9-22(10-12-23)14-17-7-8-18(20)25-17/h2-8,15H,9-14H2,1H3,(H,21,24). The molecule has 1 N–H and O–H groups in total. The van der Waals surface area contributed by atoms with Crippen LogP contribution in [0.2, 0.25) is 0 Å². The highest BCUT2D eigenvalue weighted by atomic mass is 79.9. The number of carbonyl (C=O) groups excluding carboxylic acids is 1. The van der Waals surface area contributed by atoms with Gasteiger partial charge in [0.25, 0.3) is 0 Å². The van der Waals surface area contributed by atoms with E-state index in [1.807, 2.05) is 37.3 Å². The number of piperazine rings is 1. The molecule has 2 aromatic rings. The lowest BCUT2D eigenvalue weighted by atomic mass is 10.2. The summed E-state index contributed by atoms with van der Waals surface area (Å²) in [5.41, 5.74) is 1.13. The van der Waals surface area contributed by atoms with Crippen LogP contribution in [-0.4, -0.2) is 47.9 Å². The maximum atomic E-state index is 12.4. The molecule has 0 aliphatic carbocycles. The molecule has 2 heterocycles. The van der Waals surface area contributed by atoms with Gasteiger partial charge in [-0.3, -0.25) is 14.6 Å². The zero-order valence-electron chi connectivity index (χ0n) is 14.5. The Bertz CT molecular complexity index is 683. The number of rotatable bonds is 6. The third-order valence-corrected chi connectivity index (χ3v) is 6.26. The second kappa shape index (κ2) is 8.94. The fraction of sp³-hybridized carbons (Fsp3) is 0.421. The average molecular weight is 422 g/mol. The zero-order chi connectivity index (χ0) is 17.6. The minimum absolute atomic E-state index is 0.0817. The summed E-state index contributed by atoms with van der Waals surface area (Å²) in [6.45, 7) is 7.48. The van der Waals surface area contributed by atoms with E-state index in [0.29, 0.717) is 6.54 Å². The van der Waals surface area contributed by atoms with Crippen molar-refractivity contribution in [2.75, 3.05) is 26.2 Å². The van der Waals surface area contributed by atoms with E-state index in [1.54, 1.807) is 11.3 Å². The molecular weight excluding hydrogens is 398 g/mol. The van der Waals surface area contributed by atoms with E-state index >= 15 is 0 Å². The van der Waals surface area contributed by atoms with Gasteiger partial charge in [-0.1, -0.05) is 30.3 Å². The van der Waals surface area contributed by atoms with E-state index in [-0.39, 0.29) is 11.9 Å². The largest absolute Gasteiger partial charge is 0.351 e. The lowest BCUT2D eigenvalue weighted by Crippen LogP contribution is -2.53. The number of thiophene rings is 1. The van der Waals surface area contributed by atoms with Crippen molar-refractivity contribution in [1.29, 1.82) is 0 Å². The van der Waals surface area contributed by atoms with Gasteiger partial charge in [-0.05, 0) is 40.5 Å². The van der Waals surface area contributed by atoms with Crippen molar-refractivity contribution in [1.82, 2.24) is 15.1 Å². The molecule has 1 atom stereocenters. The summed E-state index contributed by atoms with van der Waals surface area (Å²) in [4.78, 5) is 18.5. The van der Waals surface area contributed by atoms with E-state index in [0.717, 1.165) is 38.3 Å². The zero-order valence-corrected chi connectivity index (χ0v) is 16.9. The highest BCUT2D eigenvalue weighted by molar-refractivity contribution is 9.11. The van der Waals surface area contributed by atoms with E-state index in [1.165, 1.54) is 8.66 Å². The van der Waals surface area contributed by atoms with Crippen LogP contribution in [-0.2, 0) is 17.9 Å². The molecule has 0 radical (unpaired) electrons. The van der Waals surface area contributed by atoms with Gasteiger partial charge in [0.2, 0.25) is 5.91 Å². The molecule has 1 aromatic heterocycles. The van der Waals surface area contributed by atoms with Crippen LogP contribution >= 0.6 is 27.3 Å².